The molecule has 0 aliphatic carbocycles. The summed E-state index contributed by atoms with van der Waals surface area (Å²) in [5, 5.41) is 12.7. The number of rotatable bonds is 3. The van der Waals surface area contributed by atoms with Gasteiger partial charge in [0.1, 0.15) is 17.7 Å². The van der Waals surface area contributed by atoms with Gasteiger partial charge in [-0.15, -0.1) is 0 Å². The van der Waals surface area contributed by atoms with Crippen LogP contribution in [0.5, 0.6) is 11.5 Å². The van der Waals surface area contributed by atoms with Gasteiger partial charge in [0.15, 0.2) is 0 Å². The van der Waals surface area contributed by atoms with E-state index in [2.05, 4.69) is 10.1 Å². The number of aromatic hydroxyl groups is 1. The van der Waals surface area contributed by atoms with Gasteiger partial charge < -0.3 is 15.2 Å². The summed E-state index contributed by atoms with van der Waals surface area (Å²) in [6.07, 6.45) is 0.112. The number of hydrogen-bond acceptors (Lipinski definition) is 3. The van der Waals surface area contributed by atoms with Crippen LogP contribution in [0, 0.1) is 0 Å². The van der Waals surface area contributed by atoms with Crippen LogP contribution in [0.3, 0.4) is 0 Å². The molecule has 0 saturated carbocycles. The first-order valence-electron chi connectivity index (χ1n) is 5.71. The van der Waals surface area contributed by atoms with Gasteiger partial charge >= 0.3 is 6.61 Å². The molecule has 1 aliphatic heterocycles. The van der Waals surface area contributed by atoms with Gasteiger partial charge in [-0.25, -0.2) is 4.39 Å². The first-order chi connectivity index (χ1) is 8.56. The lowest BCUT2D eigenvalue weighted by molar-refractivity contribution is -0.0499. The Morgan fingerprint density at radius 3 is 2.67 bits per heavy atom. The molecule has 1 fully saturated rings. The molecule has 2 atom stereocenters. The minimum atomic E-state index is -2.92. The van der Waals surface area contributed by atoms with Crippen molar-refractivity contribution in [1.29, 1.82) is 0 Å². The summed E-state index contributed by atoms with van der Waals surface area (Å²) in [6, 6.07) is 3.87. The molecule has 1 aromatic carbocycles. The molecular formula is C12H14F3NO2. The topological polar surface area (TPSA) is 41.5 Å². The highest BCUT2D eigenvalue weighted by atomic mass is 19.3. The Morgan fingerprint density at radius 2 is 2.11 bits per heavy atom. The third kappa shape index (κ3) is 3.07. The van der Waals surface area contributed by atoms with Crippen LogP contribution in [0.1, 0.15) is 24.4 Å². The standard InChI is InChI=1S/C12H14F3NO2/c13-7-1-4-10(16-6-7)9-3-2-8(5-11(9)17)18-12(14)15/h2-3,5,7,10,12,16-17H,1,4,6H2/t7-,10-/m1/s1. The van der Waals surface area contributed by atoms with E-state index in [9.17, 15) is 18.3 Å². The number of phenolic OH excluding ortho intramolecular Hbond substituents is 1. The highest BCUT2D eigenvalue weighted by molar-refractivity contribution is 5.41. The number of alkyl halides is 3. The molecule has 100 valence electrons. The molecule has 0 spiro atoms. The molecule has 2 N–H and O–H groups in total. The molecular weight excluding hydrogens is 247 g/mol. The van der Waals surface area contributed by atoms with Crippen molar-refractivity contribution in [3.8, 4) is 11.5 Å². The van der Waals surface area contributed by atoms with Crippen LogP contribution in [-0.4, -0.2) is 24.4 Å². The summed E-state index contributed by atoms with van der Waals surface area (Å²) < 4.78 is 41.1. The molecule has 0 bridgehead atoms. The van der Waals surface area contributed by atoms with E-state index in [0.717, 1.165) is 6.07 Å². The van der Waals surface area contributed by atoms with Crippen LogP contribution in [0.2, 0.25) is 0 Å². The fourth-order valence-electron chi connectivity index (χ4n) is 2.08. The van der Waals surface area contributed by atoms with E-state index in [4.69, 9.17) is 0 Å². The van der Waals surface area contributed by atoms with E-state index in [1.807, 2.05) is 0 Å². The Balaban J connectivity index is 2.09. The van der Waals surface area contributed by atoms with Crippen LogP contribution in [0.25, 0.3) is 0 Å². The van der Waals surface area contributed by atoms with Gasteiger partial charge in [-0.3, -0.25) is 0 Å². The highest BCUT2D eigenvalue weighted by Gasteiger charge is 2.23. The summed E-state index contributed by atoms with van der Waals surface area (Å²) in [4.78, 5) is 0. The number of phenols is 1. The average Bonchev–Trinajstić information content (AvgIpc) is 2.30. The Bertz CT molecular complexity index is 406. The molecule has 1 aliphatic rings. The van der Waals surface area contributed by atoms with Crippen molar-refractivity contribution in [2.75, 3.05) is 6.54 Å². The summed E-state index contributed by atoms with van der Waals surface area (Å²) in [7, 11) is 0. The monoisotopic (exact) mass is 261 g/mol. The van der Waals surface area contributed by atoms with Crippen molar-refractivity contribution in [2.45, 2.75) is 31.7 Å². The van der Waals surface area contributed by atoms with Crippen LogP contribution in [0.15, 0.2) is 18.2 Å². The molecule has 6 heteroatoms. The Morgan fingerprint density at radius 1 is 1.33 bits per heavy atom. The van der Waals surface area contributed by atoms with Gasteiger partial charge in [-0.1, -0.05) is 6.07 Å². The molecule has 0 amide bonds. The maximum absolute atomic E-state index is 13.0. The minimum absolute atomic E-state index is 0.0922. The van der Waals surface area contributed by atoms with Gasteiger partial charge in [-0.2, -0.15) is 8.78 Å². The maximum atomic E-state index is 13.0. The van der Waals surface area contributed by atoms with E-state index in [-0.39, 0.29) is 24.1 Å². The maximum Gasteiger partial charge on any atom is 0.387 e. The third-order valence-corrected chi connectivity index (χ3v) is 2.96. The first kappa shape index (κ1) is 13.0. The number of benzene rings is 1. The van der Waals surface area contributed by atoms with Crippen molar-refractivity contribution in [3.63, 3.8) is 0 Å². The smallest absolute Gasteiger partial charge is 0.387 e. The average molecular weight is 261 g/mol. The normalized spacial score (nSPS) is 24.2. The molecule has 18 heavy (non-hydrogen) atoms. The van der Waals surface area contributed by atoms with Gasteiger partial charge in [0.2, 0.25) is 0 Å². The Hall–Kier alpha value is -1.43. The predicted molar refractivity (Wildman–Crippen MR) is 59.6 cm³/mol. The molecule has 1 aromatic rings. The van der Waals surface area contributed by atoms with Crippen LogP contribution < -0.4 is 10.1 Å². The summed E-state index contributed by atoms with van der Waals surface area (Å²) >= 11 is 0. The van der Waals surface area contributed by atoms with Crippen molar-refractivity contribution in [2.24, 2.45) is 0 Å². The van der Waals surface area contributed by atoms with Crippen molar-refractivity contribution >= 4 is 0 Å². The Kier molecular flexibility index (Phi) is 3.96. The van der Waals surface area contributed by atoms with Crippen LogP contribution in [-0.2, 0) is 0 Å². The predicted octanol–water partition coefficient (Wildman–Crippen LogP) is 2.76. The summed E-state index contributed by atoms with van der Waals surface area (Å²) in [6.45, 7) is -2.69. The zero-order chi connectivity index (χ0) is 13.1. The second kappa shape index (κ2) is 5.48. The van der Waals surface area contributed by atoms with E-state index < -0.39 is 12.8 Å². The fraction of sp³-hybridized carbons (Fsp3) is 0.500. The molecule has 1 saturated heterocycles. The second-order valence-corrected chi connectivity index (χ2v) is 4.23. The minimum Gasteiger partial charge on any atom is -0.507 e. The van der Waals surface area contributed by atoms with Crippen molar-refractivity contribution in [1.82, 2.24) is 5.32 Å². The molecule has 0 aromatic heterocycles. The van der Waals surface area contributed by atoms with Gasteiger partial charge in [-0.05, 0) is 18.9 Å². The van der Waals surface area contributed by atoms with Gasteiger partial charge in [0, 0.05) is 24.2 Å². The number of hydrogen-bond donors (Lipinski definition) is 2. The summed E-state index contributed by atoms with van der Waals surface area (Å²) in [5.41, 5.74) is 0.573. The van der Waals surface area contributed by atoms with E-state index in [1.165, 1.54) is 12.1 Å². The van der Waals surface area contributed by atoms with Gasteiger partial charge in [0.25, 0.3) is 0 Å². The first-order valence-corrected chi connectivity index (χ1v) is 5.71. The van der Waals surface area contributed by atoms with Gasteiger partial charge in [0.05, 0.1) is 0 Å². The lowest BCUT2D eigenvalue weighted by atomic mass is 9.96. The number of nitrogens with one attached hydrogen (secondary N) is 1. The quantitative estimate of drug-likeness (QED) is 0.879. The lowest BCUT2D eigenvalue weighted by Crippen LogP contribution is -2.34. The van der Waals surface area contributed by atoms with Crippen LogP contribution in [0.4, 0.5) is 13.2 Å². The van der Waals surface area contributed by atoms with E-state index in [1.54, 1.807) is 0 Å². The van der Waals surface area contributed by atoms with Crippen LogP contribution >= 0.6 is 0 Å². The lowest BCUT2D eigenvalue weighted by Gasteiger charge is -2.26. The number of halogens is 3. The number of piperidine rings is 1. The molecule has 0 radical (unpaired) electrons. The molecule has 3 nitrogen and oxygen atoms in total. The fourth-order valence-corrected chi connectivity index (χ4v) is 2.08. The molecule has 1 heterocycles. The van der Waals surface area contributed by atoms with E-state index >= 15 is 0 Å². The zero-order valence-corrected chi connectivity index (χ0v) is 9.57. The zero-order valence-electron chi connectivity index (χ0n) is 9.57. The molecule has 2 rings (SSSR count). The second-order valence-electron chi connectivity index (χ2n) is 4.23. The summed E-state index contributed by atoms with van der Waals surface area (Å²) in [5.74, 6) is -0.214. The molecule has 0 unspecified atom stereocenters. The SMILES string of the molecule is Oc1cc(OC(F)F)ccc1[C@H]1CC[C@@H](F)CN1. The third-order valence-electron chi connectivity index (χ3n) is 2.96. The van der Waals surface area contributed by atoms with E-state index in [0.29, 0.717) is 18.4 Å². The van der Waals surface area contributed by atoms with Crippen molar-refractivity contribution in [3.05, 3.63) is 23.8 Å². The Labute approximate surface area is 103 Å². The highest BCUT2D eigenvalue weighted by Crippen LogP contribution is 2.33. The van der Waals surface area contributed by atoms with Crippen molar-refractivity contribution < 1.29 is 23.0 Å². The largest absolute Gasteiger partial charge is 0.507 e. The number of ether oxygens (including phenoxy) is 1.